The van der Waals surface area contributed by atoms with Crippen molar-refractivity contribution in [2.24, 2.45) is 0 Å². The van der Waals surface area contributed by atoms with Gasteiger partial charge in [-0.1, -0.05) is 36.7 Å². The molecule has 1 aromatic carbocycles. The number of hydrogen-bond acceptors (Lipinski definition) is 5. The maximum absolute atomic E-state index is 13.9. The minimum atomic E-state index is -0.417. The molecule has 0 unspecified atom stereocenters. The zero-order valence-electron chi connectivity index (χ0n) is 13.4. The summed E-state index contributed by atoms with van der Waals surface area (Å²) in [6.07, 6.45) is 4.40. The van der Waals surface area contributed by atoms with E-state index in [0.29, 0.717) is 5.16 Å². The number of amides is 1. The first kappa shape index (κ1) is 16.8. The lowest BCUT2D eigenvalue weighted by Gasteiger charge is -2.15. The Morgan fingerprint density at radius 2 is 2.08 bits per heavy atom. The summed E-state index contributed by atoms with van der Waals surface area (Å²) in [5, 5.41) is 11.0. The predicted octanol–water partition coefficient (Wildman–Crippen LogP) is 2.34. The molecule has 8 heteroatoms. The largest absolute Gasteiger partial charge is 0.352 e. The molecule has 3 N–H and O–H groups in total. The Morgan fingerprint density at radius 1 is 1.38 bits per heavy atom. The van der Waals surface area contributed by atoms with Crippen molar-refractivity contribution in [3.63, 3.8) is 0 Å². The highest BCUT2D eigenvalue weighted by Gasteiger charge is 2.24. The lowest BCUT2D eigenvalue weighted by molar-refractivity contribution is -0.120. The van der Waals surface area contributed by atoms with Gasteiger partial charge in [-0.3, -0.25) is 4.79 Å². The smallest absolute Gasteiger partial charge is 0.233 e. The Balaban J connectivity index is 1.69. The molecule has 1 heterocycles. The van der Waals surface area contributed by atoms with E-state index < -0.39 is 5.82 Å². The maximum Gasteiger partial charge on any atom is 0.233 e. The van der Waals surface area contributed by atoms with Crippen molar-refractivity contribution in [1.29, 1.82) is 0 Å². The summed E-state index contributed by atoms with van der Waals surface area (Å²) in [4.78, 5) is 12.3. The van der Waals surface area contributed by atoms with Gasteiger partial charge in [-0.2, -0.15) is 0 Å². The van der Waals surface area contributed by atoms with Crippen molar-refractivity contribution >= 4 is 17.7 Å². The summed E-state index contributed by atoms with van der Waals surface area (Å²) < 4.78 is 15.1. The number of aromatic nitrogens is 3. The van der Waals surface area contributed by atoms with Crippen molar-refractivity contribution in [2.45, 2.75) is 49.1 Å². The first-order valence-electron chi connectivity index (χ1n) is 7.98. The fourth-order valence-corrected chi connectivity index (χ4v) is 3.56. The monoisotopic (exact) mass is 349 g/mol. The van der Waals surface area contributed by atoms with Gasteiger partial charge in [0.1, 0.15) is 5.82 Å². The normalized spacial score (nSPS) is 16.2. The Labute approximate surface area is 144 Å². The Kier molecular flexibility index (Phi) is 5.03. The molecule has 3 rings (SSSR count). The highest BCUT2D eigenvalue weighted by Crippen LogP contribution is 2.26. The van der Waals surface area contributed by atoms with E-state index in [1.165, 1.54) is 22.5 Å². The van der Waals surface area contributed by atoms with Crippen LogP contribution >= 0.6 is 11.8 Å². The van der Waals surface area contributed by atoms with E-state index in [0.717, 1.165) is 25.7 Å². The molecule has 1 aliphatic rings. The third kappa shape index (κ3) is 3.53. The van der Waals surface area contributed by atoms with Crippen LogP contribution in [-0.4, -0.2) is 32.1 Å². The topological polar surface area (TPSA) is 85.8 Å². The van der Waals surface area contributed by atoms with Gasteiger partial charge in [-0.25, -0.2) is 9.07 Å². The molecule has 24 heavy (non-hydrogen) atoms. The standard InChI is InChI=1S/C16H20FN5OS/c1-10(15(23)19-11-6-2-3-7-11)24-16-21-20-14(22(16)18)12-8-4-5-9-13(12)17/h4-5,8-11H,2-3,6-7,18H2,1H3,(H,19,23)/t10-/m1/s1. The number of nitrogens with one attached hydrogen (secondary N) is 1. The second kappa shape index (κ2) is 7.21. The van der Waals surface area contributed by atoms with Gasteiger partial charge in [0.2, 0.25) is 11.1 Å². The number of thioether (sulfide) groups is 1. The van der Waals surface area contributed by atoms with Crippen LogP contribution in [0.1, 0.15) is 32.6 Å². The fourth-order valence-electron chi connectivity index (χ4n) is 2.78. The number of nitrogens with zero attached hydrogens (tertiary/aromatic N) is 3. The lowest BCUT2D eigenvalue weighted by Crippen LogP contribution is -2.37. The Bertz CT molecular complexity index is 729. The van der Waals surface area contributed by atoms with Crippen LogP contribution < -0.4 is 11.2 Å². The number of nitrogen functional groups attached to an aromatic ring is 1. The zero-order chi connectivity index (χ0) is 17.1. The molecule has 2 aromatic rings. The molecule has 1 amide bonds. The summed E-state index contributed by atoms with van der Waals surface area (Å²) in [6.45, 7) is 1.80. The number of carbonyl (C=O) groups excluding carboxylic acids is 1. The van der Waals surface area contributed by atoms with Crippen LogP contribution in [0.3, 0.4) is 0 Å². The summed E-state index contributed by atoms with van der Waals surface area (Å²) in [5.41, 5.74) is 0.280. The Morgan fingerprint density at radius 3 is 2.79 bits per heavy atom. The van der Waals surface area contributed by atoms with Crippen molar-refractivity contribution in [3.05, 3.63) is 30.1 Å². The molecule has 1 aromatic heterocycles. The second-order valence-corrected chi connectivity index (χ2v) is 7.21. The molecule has 0 radical (unpaired) electrons. The zero-order valence-corrected chi connectivity index (χ0v) is 14.2. The van der Waals surface area contributed by atoms with Gasteiger partial charge < -0.3 is 11.2 Å². The van der Waals surface area contributed by atoms with E-state index in [1.54, 1.807) is 25.1 Å². The van der Waals surface area contributed by atoms with Crippen molar-refractivity contribution < 1.29 is 9.18 Å². The minimum Gasteiger partial charge on any atom is -0.352 e. The van der Waals surface area contributed by atoms with Crippen molar-refractivity contribution in [2.75, 3.05) is 5.84 Å². The van der Waals surface area contributed by atoms with Crippen LogP contribution in [0.5, 0.6) is 0 Å². The van der Waals surface area contributed by atoms with E-state index in [4.69, 9.17) is 5.84 Å². The molecule has 0 spiro atoms. The maximum atomic E-state index is 13.9. The summed E-state index contributed by atoms with van der Waals surface area (Å²) in [5.74, 6) is 5.77. The SMILES string of the molecule is C[C@@H](Sc1nnc(-c2ccccc2F)n1N)C(=O)NC1CCCC1. The summed E-state index contributed by atoms with van der Waals surface area (Å²) in [6, 6.07) is 6.51. The van der Waals surface area contributed by atoms with E-state index in [1.807, 2.05) is 0 Å². The highest BCUT2D eigenvalue weighted by atomic mass is 32.2. The average molecular weight is 349 g/mol. The average Bonchev–Trinajstić information content (AvgIpc) is 3.19. The predicted molar refractivity (Wildman–Crippen MR) is 91.3 cm³/mol. The summed E-state index contributed by atoms with van der Waals surface area (Å²) in [7, 11) is 0. The molecule has 1 saturated carbocycles. The second-order valence-electron chi connectivity index (χ2n) is 5.91. The molecule has 0 bridgehead atoms. The number of benzene rings is 1. The van der Waals surface area contributed by atoms with Crippen molar-refractivity contribution in [1.82, 2.24) is 20.2 Å². The van der Waals surface area contributed by atoms with Crippen LogP contribution in [0.25, 0.3) is 11.4 Å². The van der Waals surface area contributed by atoms with Crippen LogP contribution in [0.15, 0.2) is 29.4 Å². The molecule has 0 aliphatic heterocycles. The van der Waals surface area contributed by atoms with Gasteiger partial charge >= 0.3 is 0 Å². The summed E-state index contributed by atoms with van der Waals surface area (Å²) >= 11 is 1.21. The van der Waals surface area contributed by atoms with Crippen LogP contribution in [0.4, 0.5) is 4.39 Å². The van der Waals surface area contributed by atoms with Gasteiger partial charge in [0.15, 0.2) is 5.82 Å². The molecule has 1 aliphatic carbocycles. The molecular formula is C16H20FN5OS. The number of nitrogens with two attached hydrogens (primary N) is 1. The molecule has 1 fully saturated rings. The number of carbonyl (C=O) groups is 1. The fraction of sp³-hybridized carbons (Fsp3) is 0.438. The molecule has 128 valence electrons. The van der Waals surface area contributed by atoms with Gasteiger partial charge in [-0.05, 0) is 31.9 Å². The molecule has 6 nitrogen and oxygen atoms in total. The van der Waals surface area contributed by atoms with Crippen molar-refractivity contribution in [3.8, 4) is 11.4 Å². The van der Waals surface area contributed by atoms with Gasteiger partial charge in [-0.15, -0.1) is 10.2 Å². The third-order valence-corrected chi connectivity index (χ3v) is 5.19. The highest BCUT2D eigenvalue weighted by molar-refractivity contribution is 8.00. The van der Waals surface area contributed by atoms with Crippen LogP contribution in [0.2, 0.25) is 0 Å². The first-order valence-corrected chi connectivity index (χ1v) is 8.86. The number of halogens is 1. The van der Waals surface area contributed by atoms with Gasteiger partial charge in [0, 0.05) is 6.04 Å². The number of rotatable bonds is 5. The van der Waals surface area contributed by atoms with E-state index in [9.17, 15) is 9.18 Å². The lowest BCUT2D eigenvalue weighted by atomic mass is 10.2. The van der Waals surface area contributed by atoms with E-state index in [-0.39, 0.29) is 28.6 Å². The molecule has 0 saturated heterocycles. The third-order valence-electron chi connectivity index (χ3n) is 4.13. The minimum absolute atomic E-state index is 0.0395. The molecule has 1 atom stereocenters. The van der Waals surface area contributed by atoms with Gasteiger partial charge in [0.05, 0.1) is 10.8 Å². The van der Waals surface area contributed by atoms with Crippen LogP contribution in [0, 0.1) is 5.82 Å². The first-order chi connectivity index (χ1) is 11.6. The van der Waals surface area contributed by atoms with E-state index >= 15 is 0 Å². The Hall–Kier alpha value is -2.09. The van der Waals surface area contributed by atoms with Crippen LogP contribution in [-0.2, 0) is 4.79 Å². The quantitative estimate of drug-likeness (QED) is 0.639. The van der Waals surface area contributed by atoms with E-state index in [2.05, 4.69) is 15.5 Å². The number of hydrogen-bond donors (Lipinski definition) is 2. The van der Waals surface area contributed by atoms with Gasteiger partial charge in [0.25, 0.3) is 0 Å². The molecular weight excluding hydrogens is 329 g/mol.